The lowest BCUT2D eigenvalue weighted by atomic mass is 9.41. The van der Waals surface area contributed by atoms with Crippen LogP contribution < -0.4 is 0 Å². The van der Waals surface area contributed by atoms with Crippen LogP contribution in [0, 0.1) is 69.0 Å². The number of allylic oxidation sites excluding steroid dienone is 2. The van der Waals surface area contributed by atoms with Crippen molar-refractivity contribution >= 4 is 5.78 Å². The summed E-state index contributed by atoms with van der Waals surface area (Å²) in [6.07, 6.45) is 11.1. The highest BCUT2D eigenvalue weighted by Crippen LogP contribution is 2.74. The van der Waals surface area contributed by atoms with E-state index in [-0.39, 0.29) is 16.7 Å². The molecule has 10 atom stereocenters. The highest BCUT2D eigenvalue weighted by molar-refractivity contribution is 5.94. The third-order valence-corrected chi connectivity index (χ3v) is 13.5. The lowest BCUT2D eigenvalue weighted by molar-refractivity contribution is -0.134. The Morgan fingerprint density at radius 3 is 2.24 bits per heavy atom. The lowest BCUT2D eigenvalue weighted by Crippen LogP contribution is -2.56. The predicted molar refractivity (Wildman–Crippen MR) is 145 cm³/mol. The largest absolute Gasteiger partial charge is 0.295 e. The van der Waals surface area contributed by atoms with E-state index in [0.29, 0.717) is 28.4 Å². The zero-order valence-electron chi connectivity index (χ0n) is 24.6. The Bertz CT molecular complexity index is 833. The topological polar surface area (TPSA) is 17.1 Å². The van der Waals surface area contributed by atoms with Crippen molar-refractivity contribution < 1.29 is 4.79 Å². The smallest absolute Gasteiger partial charge is 0.159 e. The van der Waals surface area contributed by atoms with Crippen molar-refractivity contribution in [3.63, 3.8) is 0 Å². The van der Waals surface area contributed by atoms with Crippen LogP contribution in [0.4, 0.5) is 0 Å². The number of carbonyl (C=O) groups excluding carboxylic acids is 1. The molecule has 0 amide bonds. The first-order valence-electron chi connectivity index (χ1n) is 14.9. The summed E-state index contributed by atoms with van der Waals surface area (Å²) >= 11 is 0. The molecule has 0 aliphatic heterocycles. The second-order valence-corrected chi connectivity index (χ2v) is 15.6. The van der Waals surface area contributed by atoms with Crippen LogP contribution in [0.5, 0.6) is 0 Å². The van der Waals surface area contributed by atoms with Gasteiger partial charge in [0.05, 0.1) is 0 Å². The van der Waals surface area contributed by atoms with Gasteiger partial charge in [-0.25, -0.2) is 0 Å². The van der Waals surface area contributed by atoms with Crippen LogP contribution in [0.3, 0.4) is 0 Å². The quantitative estimate of drug-likeness (QED) is 0.393. The van der Waals surface area contributed by atoms with E-state index < -0.39 is 0 Å². The third kappa shape index (κ3) is 3.63. The molecule has 3 saturated carbocycles. The van der Waals surface area contributed by atoms with Crippen molar-refractivity contribution in [1.82, 2.24) is 0 Å². The van der Waals surface area contributed by atoms with Gasteiger partial charge in [0, 0.05) is 5.92 Å². The number of rotatable bonds is 5. The van der Waals surface area contributed by atoms with E-state index in [2.05, 4.69) is 82.2 Å². The normalized spacial score (nSPS) is 46.4. The van der Waals surface area contributed by atoms with E-state index in [1.807, 2.05) is 0 Å². The van der Waals surface area contributed by atoms with Gasteiger partial charge in [0.2, 0.25) is 0 Å². The molecule has 0 bridgehead atoms. The molecule has 1 heteroatoms. The molecule has 0 aromatic carbocycles. The molecule has 4 aliphatic carbocycles. The maximum absolute atomic E-state index is 13.7. The molecule has 0 aromatic rings. The monoisotopic (exact) mass is 468 g/mol. The van der Waals surface area contributed by atoms with Gasteiger partial charge in [0.15, 0.2) is 5.78 Å². The molecule has 0 saturated heterocycles. The first kappa shape index (κ1) is 26.5. The summed E-state index contributed by atoms with van der Waals surface area (Å²) in [5, 5.41) is 0. The molecule has 0 aromatic heterocycles. The molecular formula is C33H56O. The molecule has 1 unspecified atom stereocenters. The summed E-state index contributed by atoms with van der Waals surface area (Å²) in [6.45, 7) is 27.4. The van der Waals surface area contributed by atoms with Crippen LogP contribution in [0.1, 0.15) is 121 Å². The Morgan fingerprint density at radius 1 is 0.971 bits per heavy atom. The van der Waals surface area contributed by atoms with Gasteiger partial charge in [-0.15, -0.1) is 0 Å². The second kappa shape index (κ2) is 8.48. The number of carbonyl (C=O) groups is 1. The van der Waals surface area contributed by atoms with Crippen LogP contribution in [0.25, 0.3) is 0 Å². The molecular weight excluding hydrogens is 412 g/mol. The fraction of sp³-hybridized carbons (Fsp3) is 0.909. The Kier molecular flexibility index (Phi) is 6.60. The average molecular weight is 469 g/mol. The van der Waals surface area contributed by atoms with Gasteiger partial charge >= 0.3 is 0 Å². The Balaban J connectivity index is 1.68. The van der Waals surface area contributed by atoms with Crippen molar-refractivity contribution in [2.75, 3.05) is 0 Å². The van der Waals surface area contributed by atoms with Crippen molar-refractivity contribution in [3.8, 4) is 0 Å². The molecule has 4 rings (SSSR count). The summed E-state index contributed by atoms with van der Waals surface area (Å²) < 4.78 is 0. The van der Waals surface area contributed by atoms with Crippen LogP contribution in [0.15, 0.2) is 11.6 Å². The molecule has 194 valence electrons. The first-order valence-corrected chi connectivity index (χ1v) is 14.9. The maximum atomic E-state index is 13.7. The van der Waals surface area contributed by atoms with E-state index in [4.69, 9.17) is 0 Å². The van der Waals surface area contributed by atoms with Crippen molar-refractivity contribution in [3.05, 3.63) is 11.6 Å². The summed E-state index contributed by atoms with van der Waals surface area (Å²) in [5.74, 6) is 5.72. The minimum absolute atomic E-state index is 0.172. The zero-order chi connectivity index (χ0) is 25.4. The average Bonchev–Trinajstić information content (AvgIpc) is 3.02. The van der Waals surface area contributed by atoms with Gasteiger partial charge in [0.25, 0.3) is 0 Å². The molecule has 1 nitrogen and oxygen atoms in total. The van der Waals surface area contributed by atoms with E-state index >= 15 is 0 Å². The van der Waals surface area contributed by atoms with Crippen molar-refractivity contribution in [1.29, 1.82) is 0 Å². The Morgan fingerprint density at radius 2 is 1.62 bits per heavy atom. The standard InChI is InChI=1S/C33H56O/c1-20(2)21(3)16-24(6)30(7,8)29-13-15-32(10)26-18-28(34)27-17-22(4)23(5)19-31(27,9)25(26)12-14-33(29,32)11/h18,20-25,27,29H,12-17,19H2,1-11H3/t21-,22-,23+,24-,25?,27+,29-,31-,32+,33-/m1/s1. The van der Waals surface area contributed by atoms with Gasteiger partial charge in [-0.3, -0.25) is 4.79 Å². The summed E-state index contributed by atoms with van der Waals surface area (Å²) in [4.78, 5) is 13.7. The molecule has 3 fully saturated rings. The Labute approximate surface area is 212 Å². The van der Waals surface area contributed by atoms with E-state index in [9.17, 15) is 4.79 Å². The van der Waals surface area contributed by atoms with Crippen LogP contribution in [-0.4, -0.2) is 5.78 Å². The van der Waals surface area contributed by atoms with Gasteiger partial charge in [0.1, 0.15) is 0 Å². The molecule has 0 radical (unpaired) electrons. The molecule has 34 heavy (non-hydrogen) atoms. The zero-order valence-corrected chi connectivity index (χ0v) is 24.6. The van der Waals surface area contributed by atoms with Crippen molar-refractivity contribution in [2.24, 2.45) is 69.0 Å². The van der Waals surface area contributed by atoms with Gasteiger partial charge in [-0.2, -0.15) is 0 Å². The fourth-order valence-corrected chi connectivity index (χ4v) is 9.94. The summed E-state index contributed by atoms with van der Waals surface area (Å²) in [5.41, 5.74) is 2.55. The lowest BCUT2D eigenvalue weighted by Gasteiger charge is -2.62. The first-order chi connectivity index (χ1) is 15.6. The van der Waals surface area contributed by atoms with Gasteiger partial charge in [-0.05, 0) is 114 Å². The van der Waals surface area contributed by atoms with Crippen LogP contribution in [-0.2, 0) is 4.79 Å². The van der Waals surface area contributed by atoms with E-state index in [1.165, 1.54) is 38.5 Å². The van der Waals surface area contributed by atoms with Gasteiger partial charge < -0.3 is 0 Å². The van der Waals surface area contributed by atoms with Crippen LogP contribution in [0.2, 0.25) is 0 Å². The van der Waals surface area contributed by atoms with E-state index in [1.54, 1.807) is 5.57 Å². The molecule has 0 spiro atoms. The SMILES string of the molecule is CC(C)[C@H](C)C[C@@H](C)C(C)(C)[C@H]1CC[C@@]2(C)C3=CC(=O)[C@@H]4C[C@@H](C)[C@@H](C)C[C@]4(C)C3CC[C@]12C. The van der Waals surface area contributed by atoms with Gasteiger partial charge in [-0.1, -0.05) is 81.7 Å². The molecule has 4 aliphatic rings. The predicted octanol–water partition coefficient (Wildman–Crippen LogP) is 9.36. The molecule has 0 N–H and O–H groups in total. The highest BCUT2D eigenvalue weighted by atomic mass is 16.1. The van der Waals surface area contributed by atoms with E-state index in [0.717, 1.165) is 36.0 Å². The number of ketones is 1. The number of hydrogen-bond donors (Lipinski definition) is 0. The summed E-state index contributed by atoms with van der Waals surface area (Å²) in [6, 6.07) is 0. The third-order valence-electron chi connectivity index (χ3n) is 13.5. The minimum atomic E-state index is 0.172. The number of fused-ring (bicyclic) bond motifs is 5. The maximum Gasteiger partial charge on any atom is 0.159 e. The minimum Gasteiger partial charge on any atom is -0.295 e. The fourth-order valence-electron chi connectivity index (χ4n) is 9.94. The number of hydrogen-bond acceptors (Lipinski definition) is 1. The van der Waals surface area contributed by atoms with Crippen LogP contribution >= 0.6 is 0 Å². The highest BCUT2D eigenvalue weighted by Gasteiger charge is 2.66. The molecule has 0 heterocycles. The van der Waals surface area contributed by atoms with Crippen molar-refractivity contribution in [2.45, 2.75) is 121 Å². The Hall–Kier alpha value is -0.590. The summed E-state index contributed by atoms with van der Waals surface area (Å²) in [7, 11) is 0. The second-order valence-electron chi connectivity index (χ2n) is 15.6.